The summed E-state index contributed by atoms with van der Waals surface area (Å²) in [5.41, 5.74) is 6.25. The van der Waals surface area contributed by atoms with Crippen LogP contribution in [0.5, 0.6) is 0 Å². The Kier molecular flexibility index (Phi) is 6.08. The van der Waals surface area contributed by atoms with Crippen molar-refractivity contribution in [1.29, 1.82) is 0 Å². The molecular weight excluding hydrogens is 381 g/mol. The lowest BCUT2D eigenvalue weighted by Gasteiger charge is -2.17. The number of rotatable bonds is 5. The van der Waals surface area contributed by atoms with Crippen molar-refractivity contribution >= 4 is 52.7 Å². The molecule has 1 aliphatic carbocycles. The second-order valence-corrected chi connectivity index (χ2v) is 7.82. The molecule has 0 spiro atoms. The number of carbonyl (C=O) groups excluding carboxylic acids is 1. The fourth-order valence-electron chi connectivity index (χ4n) is 2.67. The highest BCUT2D eigenvalue weighted by Crippen LogP contribution is 2.35. The first kappa shape index (κ1) is 18.7. The largest absolute Gasteiger partial charge is 0.339 e. The average molecular weight is 397 g/mol. The molecule has 0 saturated heterocycles. The van der Waals surface area contributed by atoms with Crippen molar-refractivity contribution in [2.24, 2.45) is 5.73 Å². The minimum atomic E-state index is -0.476. The number of hydrogen-bond acceptors (Lipinski definition) is 6. The summed E-state index contributed by atoms with van der Waals surface area (Å²) in [4.78, 5) is 16.5. The first-order chi connectivity index (χ1) is 10.5. The Hall–Kier alpha value is -0.660. The molecule has 1 saturated carbocycles. The number of nitrogens with two attached hydrogens (primary N) is 1. The van der Waals surface area contributed by atoms with Crippen molar-refractivity contribution < 1.29 is 9.32 Å². The van der Waals surface area contributed by atoms with Gasteiger partial charge in [0.25, 0.3) is 0 Å². The number of Topliss-reactive ketones (excluding diaryl/α,β-unsaturated/α-hetero) is 1. The number of ketones is 1. The van der Waals surface area contributed by atoms with Crippen LogP contribution in [0.1, 0.15) is 54.2 Å². The van der Waals surface area contributed by atoms with Crippen LogP contribution in [0.15, 0.2) is 10.6 Å². The summed E-state index contributed by atoms with van der Waals surface area (Å²) in [7, 11) is 0. The number of aromatic nitrogens is 2. The Labute approximate surface area is 153 Å². The van der Waals surface area contributed by atoms with Gasteiger partial charge in [-0.1, -0.05) is 41.2 Å². The van der Waals surface area contributed by atoms with Crippen molar-refractivity contribution in [1.82, 2.24) is 10.1 Å². The van der Waals surface area contributed by atoms with Crippen LogP contribution in [0.2, 0.25) is 8.67 Å². The third-order valence-corrected chi connectivity index (χ3v) is 5.42. The van der Waals surface area contributed by atoms with Crippen LogP contribution < -0.4 is 5.73 Å². The molecule has 1 fully saturated rings. The van der Waals surface area contributed by atoms with Gasteiger partial charge in [-0.3, -0.25) is 4.79 Å². The lowest BCUT2D eigenvalue weighted by atomic mass is 9.99. The number of aryl methyl sites for hydroxylation is 1. The van der Waals surface area contributed by atoms with Gasteiger partial charge in [0.15, 0.2) is 11.6 Å². The predicted molar refractivity (Wildman–Crippen MR) is 92.9 cm³/mol. The summed E-state index contributed by atoms with van der Waals surface area (Å²) < 4.78 is 6.12. The number of nitrogens with zero attached hydrogens (tertiary/aromatic N) is 2. The van der Waals surface area contributed by atoms with E-state index in [9.17, 15) is 4.79 Å². The van der Waals surface area contributed by atoms with Crippen LogP contribution in [0.3, 0.4) is 0 Å². The van der Waals surface area contributed by atoms with E-state index >= 15 is 0 Å². The van der Waals surface area contributed by atoms with Crippen LogP contribution in [-0.2, 0) is 12.0 Å². The summed E-state index contributed by atoms with van der Waals surface area (Å²) >= 11 is 13.0. The molecule has 0 radical (unpaired) electrons. The third-order valence-electron chi connectivity index (χ3n) is 3.93. The Morgan fingerprint density at radius 2 is 2.09 bits per heavy atom. The standard InChI is InChI=1S/C14H15Cl2N3O2S.ClH/c15-10-7-8(12(16)22-10)9(20)3-4-11-18-13(19-21-11)14(17)5-1-2-6-14;/h7H,1-6,17H2;1H. The number of halogens is 3. The zero-order chi connectivity index (χ0) is 15.7. The minimum absolute atomic E-state index is 0. The highest BCUT2D eigenvalue weighted by Gasteiger charge is 2.35. The van der Waals surface area contributed by atoms with E-state index in [4.69, 9.17) is 33.5 Å². The fourth-order valence-corrected chi connectivity index (χ4v) is 4.17. The van der Waals surface area contributed by atoms with Gasteiger partial charge >= 0.3 is 0 Å². The minimum Gasteiger partial charge on any atom is -0.339 e. The van der Waals surface area contributed by atoms with Crippen LogP contribution in [0.25, 0.3) is 0 Å². The van der Waals surface area contributed by atoms with E-state index in [1.165, 1.54) is 11.3 Å². The van der Waals surface area contributed by atoms with Gasteiger partial charge in [-0.2, -0.15) is 4.98 Å². The second-order valence-electron chi connectivity index (χ2n) is 5.54. The van der Waals surface area contributed by atoms with Crippen molar-refractivity contribution in [2.75, 3.05) is 0 Å². The molecule has 0 unspecified atom stereocenters. The molecule has 23 heavy (non-hydrogen) atoms. The lowest BCUT2D eigenvalue weighted by molar-refractivity contribution is 0.0980. The number of thiophene rings is 1. The Bertz CT molecular complexity index is 695. The zero-order valence-corrected chi connectivity index (χ0v) is 15.3. The van der Waals surface area contributed by atoms with Gasteiger partial charge in [0.1, 0.15) is 4.34 Å². The zero-order valence-electron chi connectivity index (χ0n) is 12.2. The molecule has 2 aromatic heterocycles. The van der Waals surface area contributed by atoms with E-state index in [1.807, 2.05) is 0 Å². The fraction of sp³-hybridized carbons (Fsp3) is 0.500. The lowest BCUT2D eigenvalue weighted by Crippen LogP contribution is -2.34. The molecule has 3 rings (SSSR count). The molecule has 5 nitrogen and oxygen atoms in total. The average Bonchev–Trinajstić information content (AvgIpc) is 3.17. The molecule has 0 aromatic carbocycles. The van der Waals surface area contributed by atoms with Gasteiger partial charge in [-0.25, -0.2) is 0 Å². The Morgan fingerprint density at radius 1 is 1.39 bits per heavy atom. The topological polar surface area (TPSA) is 82.0 Å². The van der Waals surface area contributed by atoms with E-state index in [1.54, 1.807) is 6.07 Å². The molecule has 2 aromatic rings. The maximum Gasteiger partial charge on any atom is 0.227 e. The maximum atomic E-state index is 12.1. The predicted octanol–water partition coefficient (Wildman–Crippen LogP) is 4.40. The number of hydrogen-bond donors (Lipinski definition) is 1. The van der Waals surface area contributed by atoms with Crippen LogP contribution in [-0.4, -0.2) is 15.9 Å². The summed E-state index contributed by atoms with van der Waals surface area (Å²) in [5, 5.41) is 3.97. The quantitative estimate of drug-likeness (QED) is 0.757. The van der Waals surface area contributed by atoms with Crippen molar-refractivity contribution in [3.63, 3.8) is 0 Å². The normalized spacial score (nSPS) is 16.3. The van der Waals surface area contributed by atoms with E-state index in [0.29, 0.717) is 32.4 Å². The van der Waals surface area contributed by atoms with Gasteiger partial charge in [0.05, 0.1) is 9.88 Å². The monoisotopic (exact) mass is 395 g/mol. The summed E-state index contributed by atoms with van der Waals surface area (Å²) in [6.07, 6.45) is 4.51. The molecule has 1 aliphatic rings. The number of carbonyl (C=O) groups is 1. The van der Waals surface area contributed by atoms with Gasteiger partial charge in [-0.05, 0) is 18.9 Å². The molecule has 126 valence electrons. The molecule has 0 amide bonds. The molecule has 0 aliphatic heterocycles. The van der Waals surface area contributed by atoms with Gasteiger partial charge in [-0.15, -0.1) is 23.7 Å². The summed E-state index contributed by atoms with van der Waals surface area (Å²) in [6.45, 7) is 0. The van der Waals surface area contributed by atoms with Gasteiger partial charge in [0.2, 0.25) is 5.89 Å². The van der Waals surface area contributed by atoms with E-state index in [-0.39, 0.29) is 24.6 Å². The first-order valence-corrected chi connectivity index (χ1v) is 8.65. The molecule has 2 heterocycles. The maximum absolute atomic E-state index is 12.1. The highest BCUT2D eigenvalue weighted by atomic mass is 35.5. The molecule has 9 heteroatoms. The highest BCUT2D eigenvalue weighted by molar-refractivity contribution is 7.20. The van der Waals surface area contributed by atoms with E-state index < -0.39 is 5.54 Å². The van der Waals surface area contributed by atoms with Crippen LogP contribution >= 0.6 is 46.9 Å². The van der Waals surface area contributed by atoms with Crippen molar-refractivity contribution in [3.8, 4) is 0 Å². The molecule has 2 N–H and O–H groups in total. The first-order valence-electron chi connectivity index (χ1n) is 7.08. The van der Waals surface area contributed by atoms with Gasteiger partial charge in [0, 0.05) is 18.4 Å². The van der Waals surface area contributed by atoms with Crippen LogP contribution in [0, 0.1) is 0 Å². The smallest absolute Gasteiger partial charge is 0.227 e. The summed E-state index contributed by atoms with van der Waals surface area (Å²) in [6, 6.07) is 1.59. The SMILES string of the molecule is Cl.NC1(c2noc(CCC(=O)c3cc(Cl)sc3Cl)n2)CCCC1. The third kappa shape index (κ3) is 4.06. The van der Waals surface area contributed by atoms with Crippen LogP contribution in [0.4, 0.5) is 0 Å². The summed E-state index contributed by atoms with van der Waals surface area (Å²) in [5.74, 6) is 0.887. The van der Waals surface area contributed by atoms with E-state index in [2.05, 4.69) is 10.1 Å². The second kappa shape index (κ2) is 7.49. The molecular formula is C14H16Cl3N3O2S. The Morgan fingerprint density at radius 3 is 2.70 bits per heavy atom. The van der Waals surface area contributed by atoms with Crippen molar-refractivity contribution in [3.05, 3.63) is 32.0 Å². The molecule has 0 atom stereocenters. The van der Waals surface area contributed by atoms with Gasteiger partial charge < -0.3 is 10.3 Å². The molecule has 0 bridgehead atoms. The van der Waals surface area contributed by atoms with E-state index in [0.717, 1.165) is 25.7 Å². The Balaban J connectivity index is 0.00000192. The van der Waals surface area contributed by atoms with Crippen molar-refractivity contribution in [2.45, 2.75) is 44.1 Å².